The van der Waals surface area contributed by atoms with Gasteiger partial charge in [-0.25, -0.2) is 0 Å². The highest BCUT2D eigenvalue weighted by atomic mass is 16.3. The van der Waals surface area contributed by atoms with Crippen molar-refractivity contribution >= 4 is 0 Å². The molecule has 2 atom stereocenters. The Hall–Kier alpha value is -0.800. The van der Waals surface area contributed by atoms with Crippen LogP contribution < -0.4 is 0 Å². The molecule has 3 heteroatoms. The van der Waals surface area contributed by atoms with Crippen molar-refractivity contribution in [3.63, 3.8) is 0 Å². The molecule has 0 aromatic carbocycles. The van der Waals surface area contributed by atoms with Gasteiger partial charge in [-0.15, -0.1) is 0 Å². The van der Waals surface area contributed by atoms with Gasteiger partial charge in [-0.2, -0.15) is 0 Å². The van der Waals surface area contributed by atoms with Gasteiger partial charge in [0.1, 0.15) is 5.76 Å². The lowest BCUT2D eigenvalue weighted by Gasteiger charge is -2.29. The number of rotatable bonds is 3. The third kappa shape index (κ3) is 2.86. The van der Waals surface area contributed by atoms with Crippen LogP contribution in [0.4, 0.5) is 0 Å². The fraction of sp³-hybridized carbons (Fsp3) is 0.636. The monoisotopic (exact) mass is 198 g/mol. The predicted octanol–water partition coefficient (Wildman–Crippen LogP) is 1.59. The Labute approximate surface area is 84.4 Å². The Morgan fingerprint density at radius 3 is 2.43 bits per heavy atom. The highest BCUT2D eigenvalue weighted by Gasteiger charge is 2.29. The zero-order valence-corrected chi connectivity index (χ0v) is 8.90. The second-order valence-corrected chi connectivity index (χ2v) is 4.66. The summed E-state index contributed by atoms with van der Waals surface area (Å²) in [5, 5.41) is 19.5. The minimum Gasteiger partial charge on any atom is -0.469 e. The lowest BCUT2D eigenvalue weighted by Crippen LogP contribution is -2.38. The van der Waals surface area contributed by atoms with Gasteiger partial charge in [0.2, 0.25) is 0 Å². The van der Waals surface area contributed by atoms with E-state index in [9.17, 15) is 10.2 Å². The van der Waals surface area contributed by atoms with E-state index >= 15 is 0 Å². The highest BCUT2D eigenvalue weighted by molar-refractivity contribution is 5.01. The van der Waals surface area contributed by atoms with E-state index in [0.717, 1.165) is 0 Å². The van der Waals surface area contributed by atoms with Crippen LogP contribution in [0.1, 0.15) is 26.5 Å². The first-order chi connectivity index (χ1) is 6.41. The van der Waals surface area contributed by atoms with E-state index in [1.54, 1.807) is 18.4 Å². The molecule has 0 spiro atoms. The Morgan fingerprint density at radius 2 is 2.00 bits per heavy atom. The fourth-order valence-electron chi connectivity index (χ4n) is 1.32. The summed E-state index contributed by atoms with van der Waals surface area (Å²) >= 11 is 0. The highest BCUT2D eigenvalue weighted by Crippen LogP contribution is 2.23. The van der Waals surface area contributed by atoms with E-state index in [1.165, 1.54) is 0 Å². The molecule has 80 valence electrons. The van der Waals surface area contributed by atoms with Crippen molar-refractivity contribution in [1.82, 2.24) is 0 Å². The Morgan fingerprint density at radius 1 is 1.36 bits per heavy atom. The van der Waals surface area contributed by atoms with Crippen LogP contribution in [0.2, 0.25) is 0 Å². The van der Waals surface area contributed by atoms with Crippen LogP contribution in [0.15, 0.2) is 22.8 Å². The molecule has 0 fully saturated rings. The van der Waals surface area contributed by atoms with Gasteiger partial charge in [-0.05, 0) is 17.5 Å². The number of aliphatic hydroxyl groups excluding tert-OH is 2. The van der Waals surface area contributed by atoms with Crippen LogP contribution in [0, 0.1) is 5.41 Å². The number of hydrogen-bond donors (Lipinski definition) is 2. The standard InChI is InChI=1S/C11H18O3/c1-11(2,3)10(13)9(12)7-8-5-4-6-14-8/h4-6,9-10,12-13H,7H2,1-3H3. The molecule has 0 saturated heterocycles. The van der Waals surface area contributed by atoms with Crippen molar-refractivity contribution in [2.24, 2.45) is 5.41 Å². The minimum atomic E-state index is -0.777. The van der Waals surface area contributed by atoms with Crippen molar-refractivity contribution in [2.75, 3.05) is 0 Å². The Bertz CT molecular complexity index is 259. The molecule has 1 heterocycles. The molecule has 14 heavy (non-hydrogen) atoms. The SMILES string of the molecule is CC(C)(C)C(O)C(O)Cc1ccco1. The third-order valence-corrected chi connectivity index (χ3v) is 2.24. The minimum absolute atomic E-state index is 0.313. The molecule has 1 aromatic heterocycles. The second kappa shape index (κ2) is 4.15. The molecule has 0 aliphatic heterocycles. The van der Waals surface area contributed by atoms with Crippen LogP contribution in [0.25, 0.3) is 0 Å². The maximum Gasteiger partial charge on any atom is 0.106 e. The summed E-state index contributed by atoms with van der Waals surface area (Å²) in [5.74, 6) is 0.695. The lowest BCUT2D eigenvalue weighted by atomic mass is 9.84. The van der Waals surface area contributed by atoms with E-state index in [-0.39, 0.29) is 5.41 Å². The molecule has 0 aliphatic rings. The van der Waals surface area contributed by atoms with Crippen molar-refractivity contribution in [3.8, 4) is 0 Å². The summed E-state index contributed by atoms with van der Waals surface area (Å²) in [6.45, 7) is 5.68. The zero-order chi connectivity index (χ0) is 10.8. The van der Waals surface area contributed by atoms with Gasteiger partial charge in [0, 0.05) is 6.42 Å². The summed E-state index contributed by atoms with van der Waals surface area (Å²) in [7, 11) is 0. The quantitative estimate of drug-likeness (QED) is 0.775. The largest absolute Gasteiger partial charge is 0.469 e. The smallest absolute Gasteiger partial charge is 0.106 e. The zero-order valence-electron chi connectivity index (χ0n) is 8.90. The summed E-state index contributed by atoms with van der Waals surface area (Å²) in [6.07, 6.45) is 0.394. The maximum atomic E-state index is 9.76. The first kappa shape index (κ1) is 11.3. The molecule has 0 saturated carbocycles. The van der Waals surface area contributed by atoms with Gasteiger partial charge < -0.3 is 14.6 Å². The van der Waals surface area contributed by atoms with Crippen LogP contribution in [0.5, 0.6) is 0 Å². The van der Waals surface area contributed by atoms with Crippen LogP contribution in [-0.4, -0.2) is 22.4 Å². The summed E-state index contributed by atoms with van der Waals surface area (Å²) < 4.78 is 5.10. The van der Waals surface area contributed by atoms with Crippen molar-refractivity contribution < 1.29 is 14.6 Å². The molecule has 2 N–H and O–H groups in total. The Kier molecular flexibility index (Phi) is 3.34. The van der Waals surface area contributed by atoms with E-state index < -0.39 is 12.2 Å². The van der Waals surface area contributed by atoms with Gasteiger partial charge in [0.15, 0.2) is 0 Å². The predicted molar refractivity (Wildman–Crippen MR) is 53.9 cm³/mol. The fourth-order valence-corrected chi connectivity index (χ4v) is 1.32. The van der Waals surface area contributed by atoms with Crippen molar-refractivity contribution in [1.29, 1.82) is 0 Å². The van der Waals surface area contributed by atoms with Gasteiger partial charge in [-0.3, -0.25) is 0 Å². The molecule has 2 unspecified atom stereocenters. The first-order valence-corrected chi connectivity index (χ1v) is 4.80. The summed E-state index contributed by atoms with van der Waals surface area (Å²) in [6, 6.07) is 3.56. The molecule has 0 bridgehead atoms. The number of aliphatic hydroxyl groups is 2. The van der Waals surface area contributed by atoms with Crippen LogP contribution in [-0.2, 0) is 6.42 Å². The molecule has 0 amide bonds. The maximum absolute atomic E-state index is 9.76. The van der Waals surface area contributed by atoms with Crippen molar-refractivity contribution in [3.05, 3.63) is 24.2 Å². The third-order valence-electron chi connectivity index (χ3n) is 2.24. The van der Waals surface area contributed by atoms with Crippen LogP contribution in [0.3, 0.4) is 0 Å². The van der Waals surface area contributed by atoms with Gasteiger partial charge >= 0.3 is 0 Å². The molecular weight excluding hydrogens is 180 g/mol. The molecule has 0 aliphatic carbocycles. The lowest BCUT2D eigenvalue weighted by molar-refractivity contribution is -0.0451. The van der Waals surface area contributed by atoms with E-state index in [0.29, 0.717) is 12.2 Å². The van der Waals surface area contributed by atoms with Crippen LogP contribution >= 0.6 is 0 Å². The average molecular weight is 198 g/mol. The molecule has 1 rings (SSSR count). The molecule has 0 radical (unpaired) electrons. The Balaban J connectivity index is 2.54. The van der Waals surface area contributed by atoms with Gasteiger partial charge in [0.25, 0.3) is 0 Å². The number of furan rings is 1. The summed E-state index contributed by atoms with van der Waals surface area (Å²) in [5.41, 5.74) is -0.313. The van der Waals surface area contributed by atoms with Crippen molar-refractivity contribution in [2.45, 2.75) is 39.4 Å². The van der Waals surface area contributed by atoms with Gasteiger partial charge in [-0.1, -0.05) is 20.8 Å². The average Bonchev–Trinajstić information content (AvgIpc) is 2.53. The summed E-state index contributed by atoms with van der Waals surface area (Å²) in [4.78, 5) is 0. The van der Waals surface area contributed by atoms with Gasteiger partial charge in [0.05, 0.1) is 18.5 Å². The first-order valence-electron chi connectivity index (χ1n) is 4.80. The molecular formula is C11H18O3. The molecule has 3 nitrogen and oxygen atoms in total. The van der Waals surface area contributed by atoms with E-state index in [4.69, 9.17) is 4.42 Å². The molecule has 1 aromatic rings. The van der Waals surface area contributed by atoms with E-state index in [1.807, 2.05) is 20.8 Å². The van der Waals surface area contributed by atoms with E-state index in [2.05, 4.69) is 0 Å². The number of hydrogen-bond acceptors (Lipinski definition) is 3. The normalized spacial score (nSPS) is 16.6. The topological polar surface area (TPSA) is 53.6 Å². The second-order valence-electron chi connectivity index (χ2n) is 4.66.